The molecule has 3 fully saturated rings. The van der Waals surface area contributed by atoms with E-state index in [0.717, 1.165) is 57.7 Å². The van der Waals surface area contributed by atoms with Crippen molar-refractivity contribution >= 4 is 35.8 Å². The predicted molar refractivity (Wildman–Crippen MR) is 125 cm³/mol. The second kappa shape index (κ2) is 10.1. The van der Waals surface area contributed by atoms with Gasteiger partial charge in [-0.25, -0.2) is 9.98 Å². The Morgan fingerprint density at radius 1 is 1.25 bits per heavy atom. The summed E-state index contributed by atoms with van der Waals surface area (Å²) in [4.78, 5) is 14.4. The molecule has 156 valence electrons. The maximum Gasteiger partial charge on any atom is 0.194 e. The average Bonchev–Trinajstić information content (AvgIpc) is 3.36. The summed E-state index contributed by atoms with van der Waals surface area (Å²) in [6.45, 7) is 9.95. The maximum atomic E-state index is 5.67. The molecular formula is C21H34IN5O. The van der Waals surface area contributed by atoms with Gasteiger partial charge in [0.25, 0.3) is 0 Å². The third kappa shape index (κ3) is 5.09. The van der Waals surface area contributed by atoms with Crippen molar-refractivity contribution in [3.63, 3.8) is 0 Å². The van der Waals surface area contributed by atoms with Crippen molar-refractivity contribution in [1.29, 1.82) is 0 Å². The highest BCUT2D eigenvalue weighted by Crippen LogP contribution is 2.38. The molecular weight excluding hydrogens is 465 g/mol. The zero-order chi connectivity index (χ0) is 18.5. The Morgan fingerprint density at radius 3 is 2.86 bits per heavy atom. The van der Waals surface area contributed by atoms with Crippen LogP contribution in [0.5, 0.6) is 0 Å². The number of likely N-dealkylation sites (tertiary alicyclic amines) is 1. The number of piperidine rings is 1. The van der Waals surface area contributed by atoms with Gasteiger partial charge in [-0.1, -0.05) is 0 Å². The van der Waals surface area contributed by atoms with Crippen LogP contribution in [0.4, 0.5) is 5.82 Å². The molecule has 0 saturated carbocycles. The number of nitrogens with one attached hydrogen (secondary N) is 1. The molecule has 0 radical (unpaired) electrons. The van der Waals surface area contributed by atoms with Gasteiger partial charge in [-0.3, -0.25) is 0 Å². The van der Waals surface area contributed by atoms with E-state index >= 15 is 0 Å². The Labute approximate surface area is 186 Å². The molecule has 0 amide bonds. The third-order valence-corrected chi connectivity index (χ3v) is 6.16. The highest BCUT2D eigenvalue weighted by Gasteiger charge is 2.42. The number of hydrogen-bond acceptors (Lipinski definition) is 4. The SMILES string of the molecule is CCNC(=NCc1ccnc(N2CCCCC2)c1)N1CCC2(CCOC2)C1.I. The van der Waals surface area contributed by atoms with Crippen molar-refractivity contribution in [2.45, 2.75) is 45.6 Å². The molecule has 1 atom stereocenters. The predicted octanol–water partition coefficient (Wildman–Crippen LogP) is 3.27. The van der Waals surface area contributed by atoms with E-state index in [4.69, 9.17) is 9.73 Å². The molecule has 4 rings (SSSR count). The summed E-state index contributed by atoms with van der Waals surface area (Å²) in [6.07, 6.45) is 8.22. The van der Waals surface area contributed by atoms with Crippen LogP contribution in [0.1, 0.15) is 44.6 Å². The molecule has 4 heterocycles. The normalized spacial score (nSPS) is 25.2. The molecule has 28 heavy (non-hydrogen) atoms. The van der Waals surface area contributed by atoms with Gasteiger partial charge in [0.15, 0.2) is 5.96 Å². The van der Waals surface area contributed by atoms with E-state index in [-0.39, 0.29) is 24.0 Å². The monoisotopic (exact) mass is 499 g/mol. The molecule has 0 bridgehead atoms. The van der Waals surface area contributed by atoms with Gasteiger partial charge in [0.2, 0.25) is 0 Å². The number of anilines is 1. The van der Waals surface area contributed by atoms with Crippen LogP contribution in [0.3, 0.4) is 0 Å². The number of pyridine rings is 1. The zero-order valence-corrected chi connectivity index (χ0v) is 19.4. The molecule has 1 aromatic rings. The van der Waals surface area contributed by atoms with Gasteiger partial charge < -0.3 is 19.9 Å². The average molecular weight is 499 g/mol. The fraction of sp³-hybridized carbons (Fsp3) is 0.714. The van der Waals surface area contributed by atoms with Crippen molar-refractivity contribution in [1.82, 2.24) is 15.2 Å². The Bertz CT molecular complexity index is 656. The smallest absolute Gasteiger partial charge is 0.194 e. The second-order valence-corrected chi connectivity index (χ2v) is 8.21. The minimum Gasteiger partial charge on any atom is -0.381 e. The van der Waals surface area contributed by atoms with Gasteiger partial charge in [-0.15, -0.1) is 24.0 Å². The minimum atomic E-state index is 0. The fourth-order valence-corrected chi connectivity index (χ4v) is 4.53. The van der Waals surface area contributed by atoms with E-state index in [1.807, 2.05) is 6.20 Å². The number of hydrogen-bond donors (Lipinski definition) is 1. The van der Waals surface area contributed by atoms with Crippen LogP contribution >= 0.6 is 24.0 Å². The third-order valence-electron chi connectivity index (χ3n) is 6.16. The number of guanidine groups is 1. The summed E-state index contributed by atoms with van der Waals surface area (Å²) < 4.78 is 5.67. The largest absolute Gasteiger partial charge is 0.381 e. The van der Waals surface area contributed by atoms with Crippen molar-refractivity contribution in [2.24, 2.45) is 10.4 Å². The first-order valence-electron chi connectivity index (χ1n) is 10.6. The number of aromatic nitrogens is 1. The molecule has 0 aliphatic carbocycles. The van der Waals surface area contributed by atoms with Crippen molar-refractivity contribution in [3.8, 4) is 0 Å². The highest BCUT2D eigenvalue weighted by molar-refractivity contribution is 14.0. The molecule has 1 spiro atoms. The summed E-state index contributed by atoms with van der Waals surface area (Å²) in [6, 6.07) is 4.31. The number of halogens is 1. The number of nitrogens with zero attached hydrogens (tertiary/aromatic N) is 4. The van der Waals surface area contributed by atoms with Gasteiger partial charge >= 0.3 is 0 Å². The first-order chi connectivity index (χ1) is 13.3. The summed E-state index contributed by atoms with van der Waals surface area (Å²) in [5, 5.41) is 3.49. The van der Waals surface area contributed by atoms with Crippen LogP contribution in [-0.4, -0.2) is 61.8 Å². The van der Waals surface area contributed by atoms with Gasteiger partial charge in [0, 0.05) is 50.9 Å². The van der Waals surface area contributed by atoms with Crippen LogP contribution in [0.2, 0.25) is 0 Å². The van der Waals surface area contributed by atoms with E-state index in [9.17, 15) is 0 Å². The summed E-state index contributed by atoms with van der Waals surface area (Å²) in [5.74, 6) is 2.15. The lowest BCUT2D eigenvalue weighted by atomic mass is 9.87. The van der Waals surface area contributed by atoms with Crippen LogP contribution in [0.25, 0.3) is 0 Å². The van der Waals surface area contributed by atoms with Crippen LogP contribution in [0, 0.1) is 5.41 Å². The molecule has 3 saturated heterocycles. The first kappa shape index (κ1) is 21.6. The Morgan fingerprint density at radius 2 is 2.11 bits per heavy atom. The number of ether oxygens (including phenoxy) is 1. The Balaban J connectivity index is 0.00000225. The molecule has 3 aliphatic rings. The summed E-state index contributed by atoms with van der Waals surface area (Å²) in [7, 11) is 0. The minimum absolute atomic E-state index is 0. The molecule has 0 aromatic carbocycles. The molecule has 1 unspecified atom stereocenters. The standard InChI is InChI=1S/C21H33N5O.HI/c1-2-22-20(26-12-7-21(16-26)8-13-27-17-21)24-15-18-6-9-23-19(14-18)25-10-4-3-5-11-25;/h6,9,14H,2-5,7-8,10-13,15-17H2,1H3,(H,22,24);1H. The summed E-state index contributed by atoms with van der Waals surface area (Å²) >= 11 is 0. The van der Waals surface area contributed by atoms with Crippen molar-refractivity contribution in [3.05, 3.63) is 23.9 Å². The molecule has 3 aliphatic heterocycles. The van der Waals surface area contributed by atoms with Crippen LogP contribution in [-0.2, 0) is 11.3 Å². The summed E-state index contributed by atoms with van der Waals surface area (Å²) in [5.41, 5.74) is 1.59. The highest BCUT2D eigenvalue weighted by atomic mass is 127. The van der Waals surface area contributed by atoms with E-state index < -0.39 is 0 Å². The van der Waals surface area contributed by atoms with Gasteiger partial charge in [-0.2, -0.15) is 0 Å². The quantitative estimate of drug-likeness (QED) is 0.392. The zero-order valence-electron chi connectivity index (χ0n) is 17.0. The number of aliphatic imine (C=N–C) groups is 1. The Kier molecular flexibility index (Phi) is 7.79. The lowest BCUT2D eigenvalue weighted by Crippen LogP contribution is -2.41. The Hall–Kier alpha value is -1.09. The number of rotatable bonds is 4. The van der Waals surface area contributed by atoms with Crippen molar-refractivity contribution in [2.75, 3.05) is 50.8 Å². The van der Waals surface area contributed by atoms with E-state index in [0.29, 0.717) is 12.0 Å². The molecule has 7 heteroatoms. The van der Waals surface area contributed by atoms with Crippen molar-refractivity contribution < 1.29 is 4.74 Å². The van der Waals surface area contributed by atoms with Crippen LogP contribution in [0.15, 0.2) is 23.3 Å². The molecule has 1 N–H and O–H groups in total. The van der Waals surface area contributed by atoms with E-state index in [1.165, 1.54) is 37.7 Å². The lowest BCUT2D eigenvalue weighted by molar-refractivity contribution is 0.156. The van der Waals surface area contributed by atoms with Gasteiger partial charge in [0.05, 0.1) is 13.2 Å². The van der Waals surface area contributed by atoms with Gasteiger partial charge in [0.1, 0.15) is 5.82 Å². The first-order valence-corrected chi connectivity index (χ1v) is 10.6. The molecule has 6 nitrogen and oxygen atoms in total. The van der Waals surface area contributed by atoms with Crippen LogP contribution < -0.4 is 10.2 Å². The van der Waals surface area contributed by atoms with E-state index in [2.05, 4.69) is 39.2 Å². The van der Waals surface area contributed by atoms with E-state index in [1.54, 1.807) is 0 Å². The fourth-order valence-electron chi connectivity index (χ4n) is 4.53. The lowest BCUT2D eigenvalue weighted by Gasteiger charge is -2.28. The molecule has 1 aromatic heterocycles. The maximum absolute atomic E-state index is 5.67. The second-order valence-electron chi connectivity index (χ2n) is 8.21. The van der Waals surface area contributed by atoms with Gasteiger partial charge in [-0.05, 0) is 56.7 Å². The topological polar surface area (TPSA) is 53.0 Å².